The number of hydrogen-bond donors (Lipinski definition) is 2. The number of hydrogen-bond acceptors (Lipinski definition) is 5. The number of benzene rings is 4. The van der Waals surface area contributed by atoms with Gasteiger partial charge in [0.25, 0.3) is 0 Å². The summed E-state index contributed by atoms with van der Waals surface area (Å²) in [6.45, 7) is 11.4. The quantitative estimate of drug-likeness (QED) is 0.139. The number of nitrogens with one attached hydrogen (secondary N) is 2. The highest BCUT2D eigenvalue weighted by Crippen LogP contribution is 2.52. The van der Waals surface area contributed by atoms with Crippen molar-refractivity contribution in [3.8, 4) is 0 Å². The summed E-state index contributed by atoms with van der Waals surface area (Å²) in [4.78, 5) is 29.3. The Kier molecular flexibility index (Phi) is 12.2. The Morgan fingerprint density at radius 3 is 1.78 bits per heavy atom. The molecule has 2 N–H and O–H groups in total. The van der Waals surface area contributed by atoms with Crippen LogP contribution in [0.2, 0.25) is 0 Å². The average Bonchev–Trinajstić information content (AvgIpc) is 3.53. The van der Waals surface area contributed by atoms with E-state index in [9.17, 15) is 9.59 Å². The van der Waals surface area contributed by atoms with Crippen LogP contribution in [0.15, 0.2) is 121 Å². The minimum atomic E-state index is -0.626. The van der Waals surface area contributed by atoms with Gasteiger partial charge in [0.1, 0.15) is 5.60 Å². The molecular weight excluding hydrogens is 627 g/mol. The molecule has 3 unspecified atom stereocenters. The molecule has 5 rings (SSSR count). The molecule has 2 amide bonds. The molecule has 0 aromatic heterocycles. The zero-order valence-electron chi connectivity index (χ0n) is 29.5. The molecule has 4 atom stereocenters. The van der Waals surface area contributed by atoms with Crippen molar-refractivity contribution < 1.29 is 14.3 Å². The number of thioether (sulfide) groups is 1. The minimum Gasteiger partial charge on any atom is -0.444 e. The second-order valence-corrected chi connectivity index (χ2v) is 15.5. The molecule has 4 aromatic carbocycles. The van der Waals surface area contributed by atoms with E-state index in [2.05, 4.69) is 115 Å². The number of likely N-dealkylation sites (tertiary alicyclic amines) is 1. The van der Waals surface area contributed by atoms with E-state index in [1.807, 2.05) is 67.8 Å². The van der Waals surface area contributed by atoms with Crippen molar-refractivity contribution in [2.45, 2.75) is 81.7 Å². The molecule has 1 heterocycles. The van der Waals surface area contributed by atoms with Crippen LogP contribution < -0.4 is 10.6 Å². The van der Waals surface area contributed by atoms with Crippen LogP contribution in [0.25, 0.3) is 0 Å². The highest BCUT2D eigenvalue weighted by molar-refractivity contribution is 8.01. The second-order valence-electron chi connectivity index (χ2n) is 14.0. The predicted molar refractivity (Wildman–Crippen MR) is 201 cm³/mol. The molecule has 0 bridgehead atoms. The number of amides is 2. The van der Waals surface area contributed by atoms with Gasteiger partial charge in [0.15, 0.2) is 0 Å². The fourth-order valence-corrected chi connectivity index (χ4v) is 8.49. The number of carbonyl (C=O) groups excluding carboxylic acids is 2. The normalized spacial score (nSPS) is 17.7. The third-order valence-electron chi connectivity index (χ3n) is 9.27. The fraction of sp³-hybridized carbons (Fsp3) is 0.381. The summed E-state index contributed by atoms with van der Waals surface area (Å²) in [5.74, 6) is 0.0846. The predicted octanol–water partition coefficient (Wildman–Crippen LogP) is 8.41. The van der Waals surface area contributed by atoms with Crippen LogP contribution in [0.5, 0.6) is 0 Å². The van der Waals surface area contributed by atoms with Crippen LogP contribution in [-0.4, -0.2) is 52.9 Å². The molecule has 0 spiro atoms. The van der Waals surface area contributed by atoms with Gasteiger partial charge in [-0.15, -0.1) is 11.8 Å². The first-order valence-electron chi connectivity index (χ1n) is 17.5. The van der Waals surface area contributed by atoms with E-state index in [0.717, 1.165) is 18.4 Å². The van der Waals surface area contributed by atoms with E-state index in [4.69, 9.17) is 4.74 Å². The molecule has 0 saturated carbocycles. The molecule has 4 aromatic rings. The van der Waals surface area contributed by atoms with Crippen molar-refractivity contribution in [2.24, 2.45) is 5.92 Å². The third-order valence-corrected chi connectivity index (χ3v) is 11.0. The molecule has 1 fully saturated rings. The van der Waals surface area contributed by atoms with Crippen LogP contribution in [0.1, 0.15) is 69.7 Å². The largest absolute Gasteiger partial charge is 0.444 e. The van der Waals surface area contributed by atoms with Crippen LogP contribution in [0.3, 0.4) is 0 Å². The molecule has 0 aliphatic carbocycles. The minimum absolute atomic E-state index is 0.0257. The zero-order valence-corrected chi connectivity index (χ0v) is 30.3. The van der Waals surface area contributed by atoms with Gasteiger partial charge in [-0.1, -0.05) is 142 Å². The van der Waals surface area contributed by atoms with Crippen LogP contribution in [-0.2, 0) is 20.8 Å². The Bertz CT molecular complexity index is 1520. The smallest absolute Gasteiger partial charge is 0.410 e. The number of ether oxygens (including phenoxy) is 1. The van der Waals surface area contributed by atoms with Gasteiger partial charge in [0.2, 0.25) is 5.91 Å². The van der Waals surface area contributed by atoms with Crippen LogP contribution in [0, 0.1) is 5.92 Å². The van der Waals surface area contributed by atoms with E-state index in [1.54, 1.807) is 0 Å². The Morgan fingerprint density at radius 1 is 0.816 bits per heavy atom. The van der Waals surface area contributed by atoms with Crippen molar-refractivity contribution in [1.29, 1.82) is 0 Å². The van der Waals surface area contributed by atoms with Crippen molar-refractivity contribution in [3.05, 3.63) is 144 Å². The first-order chi connectivity index (χ1) is 23.6. The summed E-state index contributed by atoms with van der Waals surface area (Å²) in [6.07, 6.45) is 1.29. The molecule has 1 saturated heterocycles. The van der Waals surface area contributed by atoms with Gasteiger partial charge < -0.3 is 20.3 Å². The maximum absolute atomic E-state index is 13.8. The SMILES string of the molecule is CCC(C)[C@H](NCC1CC(SC(c2ccccc2)(c2ccccc2)c2ccccc2)CN1C(=O)OC(C)(C)C)C(=O)NCc1ccccc1. The van der Waals surface area contributed by atoms with Gasteiger partial charge >= 0.3 is 6.09 Å². The lowest BCUT2D eigenvalue weighted by Crippen LogP contribution is -2.52. The van der Waals surface area contributed by atoms with Crippen molar-refractivity contribution in [2.75, 3.05) is 13.1 Å². The Morgan fingerprint density at radius 2 is 1.31 bits per heavy atom. The Balaban J connectivity index is 1.44. The van der Waals surface area contributed by atoms with Gasteiger partial charge in [0.05, 0.1) is 10.8 Å². The van der Waals surface area contributed by atoms with Gasteiger partial charge in [0, 0.05) is 30.9 Å². The van der Waals surface area contributed by atoms with E-state index in [0.29, 0.717) is 19.6 Å². The lowest BCUT2D eigenvalue weighted by Gasteiger charge is -2.37. The van der Waals surface area contributed by atoms with Crippen LogP contribution >= 0.6 is 11.8 Å². The van der Waals surface area contributed by atoms with Crippen molar-refractivity contribution in [3.63, 3.8) is 0 Å². The molecular formula is C42H51N3O3S. The molecule has 49 heavy (non-hydrogen) atoms. The maximum Gasteiger partial charge on any atom is 0.410 e. The monoisotopic (exact) mass is 677 g/mol. The van der Waals surface area contributed by atoms with Gasteiger partial charge in [-0.2, -0.15) is 0 Å². The summed E-state index contributed by atoms with van der Waals surface area (Å²) < 4.78 is 5.46. The van der Waals surface area contributed by atoms with E-state index < -0.39 is 16.4 Å². The molecule has 6 nitrogen and oxygen atoms in total. The topological polar surface area (TPSA) is 70.7 Å². The first kappa shape index (κ1) is 36.2. The first-order valence-corrected chi connectivity index (χ1v) is 18.4. The van der Waals surface area contributed by atoms with Crippen LogP contribution in [0.4, 0.5) is 4.79 Å². The highest BCUT2D eigenvalue weighted by Gasteiger charge is 2.45. The second kappa shape index (κ2) is 16.6. The average molecular weight is 678 g/mol. The highest BCUT2D eigenvalue weighted by atomic mass is 32.2. The molecule has 258 valence electrons. The summed E-state index contributed by atoms with van der Waals surface area (Å²) in [5, 5.41) is 6.83. The fourth-order valence-electron chi connectivity index (χ4n) is 6.62. The van der Waals surface area contributed by atoms with Gasteiger partial charge in [-0.25, -0.2) is 4.79 Å². The zero-order chi connectivity index (χ0) is 34.9. The van der Waals surface area contributed by atoms with E-state index in [1.165, 1.54) is 16.7 Å². The molecule has 0 radical (unpaired) electrons. The third kappa shape index (κ3) is 9.14. The molecule has 7 heteroatoms. The number of rotatable bonds is 13. The molecule has 1 aliphatic rings. The standard InChI is InChI=1S/C42H51N3O3S/c1-6-31(2)38(39(46)44-28-32-19-11-7-12-20-32)43-29-36-27-37(30-45(36)40(47)48-41(3,4)5)49-42(33-21-13-8-14-22-33,34-23-15-9-16-24-34)35-25-17-10-18-26-35/h7-26,31,36-38,43H,6,27-30H2,1-5H3,(H,44,46)/t31?,36?,37?,38-/m0/s1. The van der Waals surface area contributed by atoms with Crippen molar-refractivity contribution in [1.82, 2.24) is 15.5 Å². The lowest BCUT2D eigenvalue weighted by atomic mass is 9.84. The molecule has 1 aliphatic heterocycles. The van der Waals surface area contributed by atoms with E-state index >= 15 is 0 Å². The summed E-state index contributed by atoms with van der Waals surface area (Å²) in [7, 11) is 0. The Labute approximate surface area is 297 Å². The number of nitrogens with zero attached hydrogens (tertiary/aromatic N) is 1. The summed E-state index contributed by atoms with van der Waals surface area (Å²) in [6, 6.07) is 41.4. The number of carbonyl (C=O) groups is 2. The summed E-state index contributed by atoms with van der Waals surface area (Å²) in [5.41, 5.74) is 4.00. The Hall–Kier alpha value is -4.07. The lowest BCUT2D eigenvalue weighted by molar-refractivity contribution is -0.124. The maximum atomic E-state index is 13.8. The van der Waals surface area contributed by atoms with E-state index in [-0.39, 0.29) is 29.2 Å². The van der Waals surface area contributed by atoms with Gasteiger partial charge in [-0.3, -0.25) is 4.79 Å². The van der Waals surface area contributed by atoms with Crippen molar-refractivity contribution >= 4 is 23.8 Å². The summed E-state index contributed by atoms with van der Waals surface area (Å²) >= 11 is 1.90. The van der Waals surface area contributed by atoms with Gasteiger partial charge in [-0.05, 0) is 55.4 Å².